The number of hydrogen-bond acceptors (Lipinski definition) is 4. The number of anilines is 2. The Bertz CT molecular complexity index is 1160. The van der Waals surface area contributed by atoms with Crippen molar-refractivity contribution in [2.24, 2.45) is 0 Å². The molecular formula is C27H29N3O4. The highest BCUT2D eigenvalue weighted by molar-refractivity contribution is 6.07. The number of carbonyl (C=O) groups excluding carboxylic acids is 2. The Hall–Kier alpha value is -4.00. The molecule has 1 heterocycles. The Kier molecular flexibility index (Phi) is 7.01. The van der Waals surface area contributed by atoms with E-state index in [1.807, 2.05) is 61.5 Å². The Morgan fingerprint density at radius 2 is 1.65 bits per heavy atom. The average molecular weight is 460 g/mol. The Morgan fingerprint density at radius 3 is 2.32 bits per heavy atom. The molecule has 0 atom stereocenters. The zero-order valence-electron chi connectivity index (χ0n) is 19.7. The van der Waals surface area contributed by atoms with Gasteiger partial charge in [-0.3, -0.25) is 9.69 Å². The van der Waals surface area contributed by atoms with E-state index in [1.54, 1.807) is 36.2 Å². The van der Waals surface area contributed by atoms with Gasteiger partial charge in [-0.15, -0.1) is 0 Å². The number of nitrogens with zero attached hydrogens (tertiary/aromatic N) is 2. The minimum atomic E-state index is -0.211. The maximum atomic E-state index is 13.5. The van der Waals surface area contributed by atoms with Gasteiger partial charge in [0, 0.05) is 31.3 Å². The lowest BCUT2D eigenvalue weighted by atomic mass is 10.1. The van der Waals surface area contributed by atoms with Crippen LogP contribution >= 0.6 is 0 Å². The summed E-state index contributed by atoms with van der Waals surface area (Å²) in [6, 6.07) is 20.3. The molecule has 1 aliphatic heterocycles. The van der Waals surface area contributed by atoms with Crippen molar-refractivity contribution in [3.8, 4) is 11.5 Å². The van der Waals surface area contributed by atoms with Crippen molar-refractivity contribution in [1.29, 1.82) is 0 Å². The van der Waals surface area contributed by atoms with Gasteiger partial charge in [0.1, 0.15) is 11.5 Å². The van der Waals surface area contributed by atoms with Crippen LogP contribution in [-0.2, 0) is 6.54 Å². The van der Waals surface area contributed by atoms with Gasteiger partial charge in [0.05, 0.1) is 25.6 Å². The van der Waals surface area contributed by atoms with Crippen LogP contribution in [0.1, 0.15) is 27.9 Å². The number of nitrogens with one attached hydrogen (secondary N) is 1. The summed E-state index contributed by atoms with van der Waals surface area (Å²) in [6.07, 6.45) is 0.812. The first-order valence-corrected chi connectivity index (χ1v) is 11.2. The monoisotopic (exact) mass is 459 g/mol. The first kappa shape index (κ1) is 23.2. The standard InChI is InChI=1S/C27H29N3O4/c1-19-10-11-25(24(14-19)28-26(31)21-8-5-4-6-9-21)30-13-7-12-29(27(30)32)18-20-15-22(33-2)17-23(16-20)34-3/h4-6,8-11,14-17H,7,12-13,18H2,1-3H3,(H,28,31). The molecule has 3 aromatic carbocycles. The molecule has 0 aliphatic carbocycles. The average Bonchev–Trinajstić information content (AvgIpc) is 2.86. The van der Waals surface area contributed by atoms with Crippen LogP contribution in [0.25, 0.3) is 0 Å². The lowest BCUT2D eigenvalue weighted by Gasteiger charge is -2.36. The van der Waals surface area contributed by atoms with Crippen LogP contribution in [0, 0.1) is 6.92 Å². The molecule has 3 aromatic rings. The second-order valence-electron chi connectivity index (χ2n) is 8.27. The van der Waals surface area contributed by atoms with E-state index < -0.39 is 0 Å². The van der Waals surface area contributed by atoms with E-state index in [9.17, 15) is 9.59 Å². The normalized spacial score (nSPS) is 13.6. The van der Waals surface area contributed by atoms with Gasteiger partial charge in [0.2, 0.25) is 0 Å². The van der Waals surface area contributed by atoms with Gasteiger partial charge in [-0.2, -0.15) is 0 Å². The molecule has 3 amide bonds. The van der Waals surface area contributed by atoms with Crippen molar-refractivity contribution in [3.63, 3.8) is 0 Å². The molecule has 7 heteroatoms. The van der Waals surface area contributed by atoms with E-state index in [1.165, 1.54) is 0 Å². The SMILES string of the molecule is COc1cc(CN2CCCN(c3ccc(C)cc3NC(=O)c3ccccc3)C2=O)cc(OC)c1. The van der Waals surface area contributed by atoms with E-state index in [0.717, 1.165) is 17.5 Å². The second-order valence-corrected chi connectivity index (χ2v) is 8.27. The van der Waals surface area contributed by atoms with Crippen molar-refractivity contribution in [2.45, 2.75) is 19.9 Å². The molecule has 176 valence electrons. The van der Waals surface area contributed by atoms with Crippen LogP contribution in [0.3, 0.4) is 0 Å². The molecule has 1 fully saturated rings. The van der Waals surface area contributed by atoms with Crippen LogP contribution in [0.2, 0.25) is 0 Å². The van der Waals surface area contributed by atoms with Crippen LogP contribution in [0.4, 0.5) is 16.2 Å². The van der Waals surface area contributed by atoms with Crippen molar-refractivity contribution < 1.29 is 19.1 Å². The number of aryl methyl sites for hydroxylation is 1. The van der Waals surface area contributed by atoms with Crippen LogP contribution in [0.15, 0.2) is 66.7 Å². The van der Waals surface area contributed by atoms with Gasteiger partial charge in [0.25, 0.3) is 5.91 Å². The predicted octanol–water partition coefficient (Wildman–Crippen LogP) is 5.10. The third-order valence-corrected chi connectivity index (χ3v) is 5.82. The third-order valence-electron chi connectivity index (χ3n) is 5.82. The minimum absolute atomic E-state index is 0.105. The van der Waals surface area contributed by atoms with Crippen LogP contribution < -0.4 is 19.7 Å². The number of methoxy groups -OCH3 is 2. The third kappa shape index (κ3) is 5.14. The van der Waals surface area contributed by atoms with Crippen molar-refractivity contribution >= 4 is 23.3 Å². The van der Waals surface area contributed by atoms with Crippen molar-refractivity contribution in [1.82, 2.24) is 4.90 Å². The van der Waals surface area contributed by atoms with E-state index in [4.69, 9.17) is 9.47 Å². The molecule has 1 aliphatic rings. The topological polar surface area (TPSA) is 71.1 Å². The number of benzene rings is 3. The number of hydrogen-bond donors (Lipinski definition) is 1. The van der Waals surface area contributed by atoms with Crippen LogP contribution in [-0.4, -0.2) is 44.1 Å². The predicted molar refractivity (Wildman–Crippen MR) is 133 cm³/mol. The zero-order valence-corrected chi connectivity index (χ0v) is 19.7. The summed E-state index contributed by atoms with van der Waals surface area (Å²) in [5.74, 6) is 1.15. The van der Waals surface area contributed by atoms with Gasteiger partial charge < -0.3 is 19.7 Å². The van der Waals surface area contributed by atoms with Crippen LogP contribution in [0.5, 0.6) is 11.5 Å². The first-order valence-electron chi connectivity index (χ1n) is 11.2. The molecule has 0 bridgehead atoms. The van der Waals surface area contributed by atoms with E-state index in [-0.39, 0.29) is 11.9 Å². The largest absolute Gasteiger partial charge is 0.497 e. The molecule has 0 spiro atoms. The second kappa shape index (κ2) is 10.3. The Labute approximate surface area is 199 Å². The summed E-state index contributed by atoms with van der Waals surface area (Å²) in [4.78, 5) is 29.9. The maximum Gasteiger partial charge on any atom is 0.324 e. The molecule has 1 saturated heterocycles. The Morgan fingerprint density at radius 1 is 0.941 bits per heavy atom. The zero-order chi connectivity index (χ0) is 24.1. The summed E-state index contributed by atoms with van der Waals surface area (Å²) in [7, 11) is 3.21. The van der Waals surface area contributed by atoms with E-state index in [2.05, 4.69) is 5.32 Å². The molecule has 0 radical (unpaired) electrons. The highest BCUT2D eigenvalue weighted by Gasteiger charge is 2.29. The number of urea groups is 1. The maximum absolute atomic E-state index is 13.5. The fraction of sp³-hybridized carbons (Fsp3) is 0.259. The van der Waals surface area contributed by atoms with Crippen molar-refractivity contribution in [2.75, 3.05) is 37.5 Å². The Balaban J connectivity index is 1.58. The molecule has 4 rings (SSSR count). The van der Waals surface area contributed by atoms with Gasteiger partial charge in [-0.25, -0.2) is 4.79 Å². The van der Waals surface area contributed by atoms with Crippen molar-refractivity contribution in [3.05, 3.63) is 83.4 Å². The quantitative estimate of drug-likeness (QED) is 0.534. The molecule has 0 unspecified atom stereocenters. The summed E-state index contributed by atoms with van der Waals surface area (Å²) < 4.78 is 10.7. The number of ether oxygens (including phenoxy) is 2. The molecule has 0 aromatic heterocycles. The summed E-state index contributed by atoms with van der Waals surface area (Å²) in [5.41, 5.74) is 3.79. The van der Waals surface area contributed by atoms with Gasteiger partial charge in [-0.1, -0.05) is 24.3 Å². The summed E-state index contributed by atoms with van der Waals surface area (Å²) >= 11 is 0. The van der Waals surface area contributed by atoms with Gasteiger partial charge >= 0.3 is 6.03 Å². The highest BCUT2D eigenvalue weighted by Crippen LogP contribution is 2.31. The molecule has 1 N–H and O–H groups in total. The van der Waals surface area contributed by atoms with E-state index >= 15 is 0 Å². The van der Waals surface area contributed by atoms with Gasteiger partial charge in [-0.05, 0) is 60.9 Å². The molecular weight excluding hydrogens is 430 g/mol. The lowest BCUT2D eigenvalue weighted by Crippen LogP contribution is -2.49. The number of amides is 3. The summed E-state index contributed by atoms with van der Waals surface area (Å²) in [6.45, 7) is 3.61. The smallest absolute Gasteiger partial charge is 0.324 e. The summed E-state index contributed by atoms with van der Waals surface area (Å²) in [5, 5.41) is 3.00. The fourth-order valence-electron chi connectivity index (χ4n) is 4.10. The molecule has 7 nitrogen and oxygen atoms in total. The first-order chi connectivity index (χ1) is 16.5. The van der Waals surface area contributed by atoms with E-state index in [0.29, 0.717) is 48.1 Å². The number of rotatable bonds is 7. The molecule has 0 saturated carbocycles. The highest BCUT2D eigenvalue weighted by atomic mass is 16.5. The number of carbonyl (C=O) groups is 2. The fourth-order valence-corrected chi connectivity index (χ4v) is 4.10. The lowest BCUT2D eigenvalue weighted by molar-refractivity contribution is 0.102. The van der Waals surface area contributed by atoms with Gasteiger partial charge in [0.15, 0.2) is 0 Å². The molecule has 34 heavy (non-hydrogen) atoms. The minimum Gasteiger partial charge on any atom is -0.497 e.